The molecule has 20 heavy (non-hydrogen) atoms. The van der Waals surface area contributed by atoms with Crippen molar-refractivity contribution in [2.45, 2.75) is 13.0 Å². The van der Waals surface area contributed by atoms with Crippen LogP contribution < -0.4 is 5.32 Å². The van der Waals surface area contributed by atoms with Crippen LogP contribution >= 0.6 is 34.2 Å². The molecule has 1 unspecified atom stereocenters. The number of halogens is 2. The van der Waals surface area contributed by atoms with Crippen LogP contribution in [0, 0.1) is 13.7 Å². The second kappa shape index (κ2) is 6.41. The quantitative estimate of drug-likeness (QED) is 0.443. The summed E-state index contributed by atoms with van der Waals surface area (Å²) in [6, 6.07) is 12.4. The third-order valence-electron chi connectivity index (χ3n) is 2.90. The van der Waals surface area contributed by atoms with E-state index in [9.17, 15) is 10.1 Å². The van der Waals surface area contributed by atoms with Crippen molar-refractivity contribution in [3.8, 4) is 0 Å². The maximum Gasteiger partial charge on any atom is 0.293 e. The fourth-order valence-corrected chi connectivity index (χ4v) is 2.69. The Morgan fingerprint density at radius 3 is 2.65 bits per heavy atom. The minimum atomic E-state index is -0.385. The first kappa shape index (κ1) is 15.1. The molecule has 6 heteroatoms. The fourth-order valence-electron chi connectivity index (χ4n) is 1.92. The molecule has 0 aliphatic rings. The second-order valence-corrected chi connectivity index (χ2v) is 5.96. The summed E-state index contributed by atoms with van der Waals surface area (Å²) in [4.78, 5) is 10.7. The molecule has 104 valence electrons. The molecule has 0 aliphatic carbocycles. The van der Waals surface area contributed by atoms with E-state index >= 15 is 0 Å². The zero-order chi connectivity index (χ0) is 14.7. The molecule has 2 aromatic rings. The molecular weight excluding hydrogens is 391 g/mol. The Labute approximate surface area is 135 Å². The number of benzene rings is 2. The highest BCUT2D eigenvalue weighted by atomic mass is 127. The maximum absolute atomic E-state index is 11.1. The number of nitro groups is 1. The molecule has 0 saturated carbocycles. The van der Waals surface area contributed by atoms with Gasteiger partial charge in [0.05, 0.1) is 11.0 Å². The van der Waals surface area contributed by atoms with Gasteiger partial charge in [-0.15, -0.1) is 0 Å². The van der Waals surface area contributed by atoms with Crippen LogP contribution in [0.3, 0.4) is 0 Å². The molecule has 0 aliphatic heterocycles. The normalized spacial score (nSPS) is 11.9. The molecule has 0 heterocycles. The van der Waals surface area contributed by atoms with E-state index in [-0.39, 0.29) is 16.7 Å². The van der Waals surface area contributed by atoms with Crippen LogP contribution in [0.4, 0.5) is 11.4 Å². The Balaban J connectivity index is 2.31. The lowest BCUT2D eigenvalue weighted by Gasteiger charge is -2.17. The lowest BCUT2D eigenvalue weighted by molar-refractivity contribution is -0.384. The average molecular weight is 403 g/mol. The lowest BCUT2D eigenvalue weighted by Crippen LogP contribution is -2.09. The van der Waals surface area contributed by atoms with Crippen molar-refractivity contribution < 1.29 is 4.92 Å². The van der Waals surface area contributed by atoms with E-state index < -0.39 is 0 Å². The van der Waals surface area contributed by atoms with Gasteiger partial charge in [-0.1, -0.05) is 29.8 Å². The van der Waals surface area contributed by atoms with E-state index in [1.807, 2.05) is 31.2 Å². The van der Waals surface area contributed by atoms with Crippen LogP contribution in [0.2, 0.25) is 5.02 Å². The maximum atomic E-state index is 11.1. The predicted molar refractivity (Wildman–Crippen MR) is 89.3 cm³/mol. The Hall–Kier alpha value is -1.34. The first-order chi connectivity index (χ1) is 9.49. The van der Waals surface area contributed by atoms with Crippen LogP contribution in [0.25, 0.3) is 0 Å². The molecule has 2 rings (SSSR count). The first-order valence-electron chi connectivity index (χ1n) is 5.94. The van der Waals surface area contributed by atoms with Gasteiger partial charge >= 0.3 is 0 Å². The summed E-state index contributed by atoms with van der Waals surface area (Å²) in [6.45, 7) is 1.92. The number of nitro benzene ring substituents is 1. The van der Waals surface area contributed by atoms with Gasteiger partial charge in [-0.25, -0.2) is 0 Å². The summed E-state index contributed by atoms with van der Waals surface area (Å²) in [5, 5.41) is 14.9. The predicted octanol–water partition coefficient (Wildman–Crippen LogP) is 5.03. The molecule has 2 aromatic carbocycles. The summed E-state index contributed by atoms with van der Waals surface area (Å²) < 4.78 is 0.824. The van der Waals surface area contributed by atoms with Gasteiger partial charge in [0.2, 0.25) is 0 Å². The first-order valence-corrected chi connectivity index (χ1v) is 7.39. The number of nitrogens with zero attached hydrogens (tertiary/aromatic N) is 1. The molecular formula is C14H12ClIN2O2. The number of anilines is 1. The zero-order valence-corrected chi connectivity index (χ0v) is 13.6. The monoisotopic (exact) mass is 402 g/mol. The summed E-state index contributed by atoms with van der Waals surface area (Å²) >= 11 is 8.19. The fraction of sp³-hybridized carbons (Fsp3) is 0.143. The van der Waals surface area contributed by atoms with E-state index in [4.69, 9.17) is 11.6 Å². The van der Waals surface area contributed by atoms with Gasteiger partial charge in [0.1, 0.15) is 5.69 Å². The van der Waals surface area contributed by atoms with Crippen molar-refractivity contribution in [2.24, 2.45) is 0 Å². The highest BCUT2D eigenvalue weighted by molar-refractivity contribution is 14.1. The molecule has 0 saturated heterocycles. The minimum absolute atomic E-state index is 0.0656. The molecule has 0 spiro atoms. The molecule has 0 amide bonds. The highest BCUT2D eigenvalue weighted by Crippen LogP contribution is 2.31. The smallest absolute Gasteiger partial charge is 0.293 e. The minimum Gasteiger partial charge on any atom is -0.373 e. The van der Waals surface area contributed by atoms with Crippen molar-refractivity contribution >= 4 is 45.6 Å². The van der Waals surface area contributed by atoms with E-state index in [0.29, 0.717) is 10.7 Å². The average Bonchev–Trinajstić information content (AvgIpc) is 2.41. The van der Waals surface area contributed by atoms with E-state index in [1.165, 1.54) is 0 Å². The summed E-state index contributed by atoms with van der Waals surface area (Å²) in [6.07, 6.45) is 0. The van der Waals surface area contributed by atoms with Crippen LogP contribution in [-0.4, -0.2) is 4.92 Å². The molecule has 0 aromatic heterocycles. The Morgan fingerprint density at radius 1 is 1.30 bits per heavy atom. The number of rotatable bonds is 4. The molecule has 1 atom stereocenters. The van der Waals surface area contributed by atoms with Crippen LogP contribution in [-0.2, 0) is 0 Å². The van der Waals surface area contributed by atoms with Gasteiger partial charge in [-0.2, -0.15) is 0 Å². The summed E-state index contributed by atoms with van der Waals surface area (Å²) in [5.41, 5.74) is 1.46. The van der Waals surface area contributed by atoms with Gasteiger partial charge in [0.15, 0.2) is 0 Å². The largest absolute Gasteiger partial charge is 0.373 e. The molecule has 0 bridgehead atoms. The van der Waals surface area contributed by atoms with Gasteiger partial charge in [-0.05, 0) is 53.3 Å². The van der Waals surface area contributed by atoms with Crippen molar-refractivity contribution in [3.05, 3.63) is 66.7 Å². The van der Waals surface area contributed by atoms with Gasteiger partial charge in [0.25, 0.3) is 5.69 Å². The number of hydrogen-bond donors (Lipinski definition) is 1. The van der Waals surface area contributed by atoms with E-state index in [2.05, 4.69) is 27.9 Å². The Bertz CT molecular complexity index is 649. The number of nitrogens with one attached hydrogen (secondary N) is 1. The van der Waals surface area contributed by atoms with Crippen molar-refractivity contribution in [2.75, 3.05) is 5.32 Å². The molecule has 1 N–H and O–H groups in total. The topological polar surface area (TPSA) is 55.2 Å². The van der Waals surface area contributed by atoms with Crippen LogP contribution in [0.1, 0.15) is 18.5 Å². The number of hydrogen-bond acceptors (Lipinski definition) is 3. The van der Waals surface area contributed by atoms with Gasteiger partial charge in [-0.3, -0.25) is 10.1 Å². The lowest BCUT2D eigenvalue weighted by atomic mass is 10.1. The van der Waals surface area contributed by atoms with Crippen LogP contribution in [0.15, 0.2) is 42.5 Å². The Kier molecular flexibility index (Phi) is 4.82. The van der Waals surface area contributed by atoms with Gasteiger partial charge in [0, 0.05) is 14.7 Å². The van der Waals surface area contributed by atoms with Crippen molar-refractivity contribution in [1.29, 1.82) is 0 Å². The molecule has 0 radical (unpaired) electrons. The molecule has 4 nitrogen and oxygen atoms in total. The van der Waals surface area contributed by atoms with E-state index in [0.717, 1.165) is 9.13 Å². The molecule has 0 fully saturated rings. The second-order valence-electron chi connectivity index (χ2n) is 4.31. The standard InChI is InChI=1S/C14H12ClIN2O2/c1-9(11-4-2-3-5-12(11)15)17-13-7-6-10(16)8-14(13)18(19)20/h2-9,17H,1H3. The summed E-state index contributed by atoms with van der Waals surface area (Å²) in [5.74, 6) is 0. The zero-order valence-electron chi connectivity index (χ0n) is 10.6. The van der Waals surface area contributed by atoms with Crippen LogP contribution in [0.5, 0.6) is 0 Å². The summed E-state index contributed by atoms with van der Waals surface area (Å²) in [7, 11) is 0. The third kappa shape index (κ3) is 3.40. The SMILES string of the molecule is CC(Nc1ccc(I)cc1[N+](=O)[O-])c1ccccc1Cl. The third-order valence-corrected chi connectivity index (χ3v) is 3.92. The Morgan fingerprint density at radius 2 is 2.00 bits per heavy atom. The van der Waals surface area contributed by atoms with Crippen molar-refractivity contribution in [1.82, 2.24) is 0 Å². The van der Waals surface area contributed by atoms with Crippen molar-refractivity contribution in [3.63, 3.8) is 0 Å². The highest BCUT2D eigenvalue weighted by Gasteiger charge is 2.17. The van der Waals surface area contributed by atoms with E-state index in [1.54, 1.807) is 18.2 Å². The van der Waals surface area contributed by atoms with Gasteiger partial charge < -0.3 is 5.32 Å².